The lowest BCUT2D eigenvalue weighted by molar-refractivity contribution is 0.168. The van der Waals surface area contributed by atoms with E-state index in [1.807, 2.05) is 48.5 Å². The first-order valence-electron chi connectivity index (χ1n) is 6.24. The second-order valence-electron chi connectivity index (χ2n) is 4.05. The number of hydrogen-bond donors (Lipinski definition) is 2. The first-order valence-corrected chi connectivity index (χ1v) is 7.03. The number of benzene rings is 2. The van der Waals surface area contributed by atoms with Crippen molar-refractivity contribution in [1.29, 1.82) is 0 Å². The van der Waals surface area contributed by atoms with E-state index in [9.17, 15) is 4.79 Å². The summed E-state index contributed by atoms with van der Waals surface area (Å²) < 4.78 is 5.85. The molecule has 0 saturated carbocycles. The predicted octanol–water partition coefficient (Wildman–Crippen LogP) is 4.76. The number of nitrogens with one attached hydrogen (secondary N) is 2. The van der Waals surface area contributed by atoms with Crippen LogP contribution in [0.25, 0.3) is 0 Å². The highest BCUT2D eigenvalue weighted by molar-refractivity contribution is 9.10. The average Bonchev–Trinajstić information content (AvgIpc) is 2.44. The standard InChI is InChI=1S/C15H15BrN2O2/c1-2-20-15(19)18-14-9-7-13(8-10-14)17-12-5-3-11(16)4-6-12/h3-10,17H,2H2,1H3,(H,18,19). The van der Waals surface area contributed by atoms with Crippen LogP contribution in [0, 0.1) is 0 Å². The summed E-state index contributed by atoms with van der Waals surface area (Å²) in [6.07, 6.45) is -0.443. The normalized spacial score (nSPS) is 9.90. The van der Waals surface area contributed by atoms with Gasteiger partial charge < -0.3 is 10.1 Å². The predicted molar refractivity (Wildman–Crippen MR) is 84.5 cm³/mol. The smallest absolute Gasteiger partial charge is 0.411 e. The summed E-state index contributed by atoms with van der Waals surface area (Å²) in [4.78, 5) is 11.3. The van der Waals surface area contributed by atoms with Gasteiger partial charge in [0.2, 0.25) is 0 Å². The van der Waals surface area contributed by atoms with Crippen molar-refractivity contribution in [2.24, 2.45) is 0 Å². The van der Waals surface area contributed by atoms with Crippen molar-refractivity contribution in [1.82, 2.24) is 0 Å². The van der Waals surface area contributed by atoms with E-state index < -0.39 is 6.09 Å². The number of amides is 1. The van der Waals surface area contributed by atoms with Crippen LogP contribution in [0.15, 0.2) is 53.0 Å². The Hall–Kier alpha value is -2.01. The topological polar surface area (TPSA) is 50.4 Å². The number of carbonyl (C=O) groups is 1. The summed E-state index contributed by atoms with van der Waals surface area (Å²) in [5, 5.41) is 5.92. The number of rotatable bonds is 4. The molecule has 0 heterocycles. The molecule has 0 unspecified atom stereocenters. The Bertz CT molecular complexity index is 567. The van der Waals surface area contributed by atoms with Gasteiger partial charge in [0.25, 0.3) is 0 Å². The largest absolute Gasteiger partial charge is 0.450 e. The third kappa shape index (κ3) is 4.28. The molecule has 20 heavy (non-hydrogen) atoms. The maximum atomic E-state index is 11.3. The van der Waals surface area contributed by atoms with Crippen molar-refractivity contribution < 1.29 is 9.53 Å². The minimum Gasteiger partial charge on any atom is -0.450 e. The Balaban J connectivity index is 1.97. The number of halogens is 1. The molecule has 0 spiro atoms. The molecule has 2 aromatic carbocycles. The molecule has 2 rings (SSSR count). The Kier molecular flexibility index (Phi) is 5.01. The van der Waals surface area contributed by atoms with E-state index in [4.69, 9.17) is 4.74 Å². The number of carbonyl (C=O) groups excluding carboxylic acids is 1. The van der Waals surface area contributed by atoms with Crippen LogP contribution in [-0.4, -0.2) is 12.7 Å². The van der Waals surface area contributed by atoms with Crippen LogP contribution in [-0.2, 0) is 4.74 Å². The Morgan fingerprint density at radius 2 is 1.50 bits per heavy atom. The summed E-state index contributed by atoms with van der Waals surface area (Å²) in [6, 6.07) is 15.3. The van der Waals surface area contributed by atoms with E-state index in [-0.39, 0.29) is 0 Å². The van der Waals surface area contributed by atoms with Gasteiger partial charge in [0, 0.05) is 21.5 Å². The first-order chi connectivity index (χ1) is 9.67. The van der Waals surface area contributed by atoms with Crippen molar-refractivity contribution in [2.75, 3.05) is 17.2 Å². The van der Waals surface area contributed by atoms with Crippen molar-refractivity contribution in [3.05, 3.63) is 53.0 Å². The van der Waals surface area contributed by atoms with Crippen LogP contribution >= 0.6 is 15.9 Å². The highest BCUT2D eigenvalue weighted by Gasteiger charge is 2.01. The van der Waals surface area contributed by atoms with Crippen LogP contribution in [0.2, 0.25) is 0 Å². The van der Waals surface area contributed by atoms with Gasteiger partial charge in [-0.05, 0) is 55.5 Å². The molecule has 5 heteroatoms. The first kappa shape index (κ1) is 14.4. The third-order valence-electron chi connectivity index (χ3n) is 2.54. The molecule has 0 radical (unpaired) electrons. The van der Waals surface area contributed by atoms with E-state index in [1.165, 1.54) is 0 Å². The van der Waals surface area contributed by atoms with Crippen molar-refractivity contribution in [3.63, 3.8) is 0 Å². The second-order valence-corrected chi connectivity index (χ2v) is 4.97. The van der Waals surface area contributed by atoms with Gasteiger partial charge in [-0.2, -0.15) is 0 Å². The van der Waals surface area contributed by atoms with E-state index in [0.717, 1.165) is 15.8 Å². The third-order valence-corrected chi connectivity index (χ3v) is 3.07. The maximum Gasteiger partial charge on any atom is 0.411 e. The SMILES string of the molecule is CCOC(=O)Nc1ccc(Nc2ccc(Br)cc2)cc1. The van der Waals surface area contributed by atoms with Gasteiger partial charge in [-0.1, -0.05) is 15.9 Å². The van der Waals surface area contributed by atoms with Crippen LogP contribution in [0.1, 0.15) is 6.92 Å². The van der Waals surface area contributed by atoms with Crippen LogP contribution in [0.4, 0.5) is 21.9 Å². The summed E-state index contributed by atoms with van der Waals surface area (Å²) >= 11 is 3.40. The van der Waals surface area contributed by atoms with Gasteiger partial charge in [0.15, 0.2) is 0 Å². The van der Waals surface area contributed by atoms with Gasteiger partial charge >= 0.3 is 6.09 Å². The molecule has 0 aromatic heterocycles. The van der Waals surface area contributed by atoms with Gasteiger partial charge in [0.1, 0.15) is 0 Å². The lowest BCUT2D eigenvalue weighted by atomic mass is 10.2. The summed E-state index contributed by atoms with van der Waals surface area (Å²) in [5.41, 5.74) is 2.64. The van der Waals surface area contributed by atoms with Crippen molar-refractivity contribution in [2.45, 2.75) is 6.92 Å². The summed E-state index contributed by atoms with van der Waals surface area (Å²) in [6.45, 7) is 2.12. The molecular weight excluding hydrogens is 320 g/mol. The molecule has 0 aliphatic heterocycles. The zero-order chi connectivity index (χ0) is 14.4. The Labute approximate surface area is 126 Å². The maximum absolute atomic E-state index is 11.3. The minimum atomic E-state index is -0.443. The molecule has 0 bridgehead atoms. The van der Waals surface area contributed by atoms with E-state index in [1.54, 1.807) is 6.92 Å². The minimum absolute atomic E-state index is 0.356. The quantitative estimate of drug-likeness (QED) is 0.847. The summed E-state index contributed by atoms with van der Waals surface area (Å²) in [5.74, 6) is 0. The Morgan fingerprint density at radius 3 is 2.05 bits per heavy atom. The molecule has 0 atom stereocenters. The molecule has 0 aliphatic carbocycles. The molecule has 0 aliphatic rings. The lowest BCUT2D eigenvalue weighted by Crippen LogP contribution is -2.13. The molecule has 2 aromatic rings. The van der Waals surface area contributed by atoms with Crippen LogP contribution in [0.3, 0.4) is 0 Å². The fourth-order valence-corrected chi connectivity index (χ4v) is 1.89. The molecule has 0 fully saturated rings. The van der Waals surface area contributed by atoms with Crippen LogP contribution < -0.4 is 10.6 Å². The summed E-state index contributed by atoms with van der Waals surface area (Å²) in [7, 11) is 0. The zero-order valence-corrected chi connectivity index (χ0v) is 12.6. The van der Waals surface area contributed by atoms with Gasteiger partial charge in [0.05, 0.1) is 6.61 Å². The molecule has 1 amide bonds. The molecular formula is C15H15BrN2O2. The van der Waals surface area contributed by atoms with E-state index in [2.05, 4.69) is 26.6 Å². The number of anilines is 3. The fraction of sp³-hybridized carbons (Fsp3) is 0.133. The Morgan fingerprint density at radius 1 is 1.00 bits per heavy atom. The zero-order valence-electron chi connectivity index (χ0n) is 11.0. The van der Waals surface area contributed by atoms with Gasteiger partial charge in [-0.15, -0.1) is 0 Å². The van der Waals surface area contributed by atoms with Crippen LogP contribution in [0.5, 0.6) is 0 Å². The number of hydrogen-bond acceptors (Lipinski definition) is 3. The van der Waals surface area contributed by atoms with Gasteiger partial charge in [-0.25, -0.2) is 4.79 Å². The lowest BCUT2D eigenvalue weighted by Gasteiger charge is -2.08. The highest BCUT2D eigenvalue weighted by Crippen LogP contribution is 2.20. The monoisotopic (exact) mass is 334 g/mol. The molecule has 2 N–H and O–H groups in total. The van der Waals surface area contributed by atoms with E-state index >= 15 is 0 Å². The van der Waals surface area contributed by atoms with Crippen molar-refractivity contribution >= 4 is 39.1 Å². The van der Waals surface area contributed by atoms with Crippen molar-refractivity contribution in [3.8, 4) is 0 Å². The molecule has 0 saturated heterocycles. The van der Waals surface area contributed by atoms with E-state index in [0.29, 0.717) is 12.3 Å². The van der Waals surface area contributed by atoms with Gasteiger partial charge in [-0.3, -0.25) is 5.32 Å². The fourth-order valence-electron chi connectivity index (χ4n) is 1.62. The average molecular weight is 335 g/mol. The highest BCUT2D eigenvalue weighted by atomic mass is 79.9. The number of ether oxygens (including phenoxy) is 1. The molecule has 4 nitrogen and oxygen atoms in total. The second kappa shape index (κ2) is 6.96. The molecule has 104 valence electrons.